The number of hydrogen-bond donors (Lipinski definition) is 1. The summed E-state index contributed by atoms with van der Waals surface area (Å²) in [5.41, 5.74) is 3.35. The van der Waals surface area contributed by atoms with Crippen molar-refractivity contribution in [1.82, 2.24) is 4.73 Å². The second-order valence-corrected chi connectivity index (χ2v) is 7.73. The number of aromatic nitrogens is 1. The van der Waals surface area contributed by atoms with Crippen molar-refractivity contribution in [3.05, 3.63) is 29.5 Å². The zero-order valence-corrected chi connectivity index (χ0v) is 13.8. The highest BCUT2D eigenvalue weighted by atomic mass is 16.5. The smallest absolute Gasteiger partial charge is 0.121 e. The van der Waals surface area contributed by atoms with Gasteiger partial charge >= 0.3 is 0 Å². The highest BCUT2D eigenvalue weighted by Gasteiger charge is 2.45. The van der Waals surface area contributed by atoms with Crippen molar-refractivity contribution in [2.45, 2.75) is 52.4 Å². The van der Waals surface area contributed by atoms with Gasteiger partial charge in [-0.3, -0.25) is 0 Å². The highest BCUT2D eigenvalue weighted by Crippen LogP contribution is 2.55. The standard InChI is InChI=1S/C18H25NO2/c1-11-15-13-8-7-12(21-6)9-14(13)19(20)16(15)18(4,5)10-17(11,2)3/h7-9,11,20H,10H2,1-6H3. The molecule has 0 saturated carbocycles. The van der Waals surface area contributed by atoms with Crippen LogP contribution in [0.3, 0.4) is 0 Å². The lowest BCUT2D eigenvalue weighted by molar-refractivity contribution is 0.135. The van der Waals surface area contributed by atoms with E-state index in [-0.39, 0.29) is 10.8 Å². The summed E-state index contributed by atoms with van der Waals surface area (Å²) in [4.78, 5) is 0. The lowest BCUT2D eigenvalue weighted by atomic mass is 9.60. The first-order valence-electron chi connectivity index (χ1n) is 7.61. The van der Waals surface area contributed by atoms with Crippen molar-refractivity contribution in [3.8, 4) is 5.75 Å². The minimum atomic E-state index is -0.0493. The fourth-order valence-electron chi connectivity index (χ4n) is 4.26. The lowest BCUT2D eigenvalue weighted by Crippen LogP contribution is -2.38. The van der Waals surface area contributed by atoms with E-state index in [0.29, 0.717) is 5.92 Å². The van der Waals surface area contributed by atoms with Gasteiger partial charge in [-0.15, -0.1) is 0 Å². The number of ether oxygens (including phenoxy) is 1. The molecule has 0 bridgehead atoms. The molecular formula is C18H25NO2. The summed E-state index contributed by atoms with van der Waals surface area (Å²) in [5, 5.41) is 11.9. The number of fused-ring (bicyclic) bond motifs is 3. The summed E-state index contributed by atoms with van der Waals surface area (Å²) in [6, 6.07) is 5.97. The van der Waals surface area contributed by atoms with Crippen LogP contribution in [0.4, 0.5) is 0 Å². The van der Waals surface area contributed by atoms with Crippen LogP contribution in [-0.4, -0.2) is 17.0 Å². The Morgan fingerprint density at radius 1 is 1.24 bits per heavy atom. The van der Waals surface area contributed by atoms with E-state index >= 15 is 0 Å². The number of benzene rings is 1. The predicted molar refractivity (Wildman–Crippen MR) is 85.5 cm³/mol. The van der Waals surface area contributed by atoms with Crippen molar-refractivity contribution in [2.75, 3.05) is 7.11 Å². The largest absolute Gasteiger partial charge is 0.497 e. The van der Waals surface area contributed by atoms with E-state index in [1.54, 1.807) is 7.11 Å². The summed E-state index contributed by atoms with van der Waals surface area (Å²) in [7, 11) is 1.65. The maximum atomic E-state index is 10.7. The number of nitrogens with zero attached hydrogens (tertiary/aromatic N) is 1. The van der Waals surface area contributed by atoms with Gasteiger partial charge in [-0.25, -0.2) is 0 Å². The molecule has 3 rings (SSSR count). The Balaban J connectivity index is 2.39. The third kappa shape index (κ3) is 1.86. The molecule has 114 valence electrons. The Morgan fingerprint density at radius 2 is 1.90 bits per heavy atom. The quantitative estimate of drug-likeness (QED) is 0.772. The summed E-state index contributed by atoms with van der Waals surface area (Å²) in [6.45, 7) is 11.4. The molecule has 1 atom stereocenters. The second-order valence-electron chi connectivity index (χ2n) is 7.73. The van der Waals surface area contributed by atoms with Gasteiger partial charge < -0.3 is 9.94 Å². The first-order chi connectivity index (χ1) is 9.69. The first kappa shape index (κ1) is 14.3. The van der Waals surface area contributed by atoms with Gasteiger partial charge in [-0.2, -0.15) is 4.73 Å². The molecule has 0 aliphatic heterocycles. The molecule has 1 unspecified atom stereocenters. The van der Waals surface area contributed by atoms with Crippen molar-refractivity contribution >= 4 is 10.9 Å². The van der Waals surface area contributed by atoms with Crippen molar-refractivity contribution in [2.24, 2.45) is 5.41 Å². The van der Waals surface area contributed by atoms with Gasteiger partial charge in [0.2, 0.25) is 0 Å². The maximum absolute atomic E-state index is 10.7. The molecule has 21 heavy (non-hydrogen) atoms. The number of methoxy groups -OCH3 is 1. The Kier molecular flexibility index (Phi) is 2.85. The van der Waals surface area contributed by atoms with Crippen LogP contribution >= 0.6 is 0 Å². The lowest BCUT2D eigenvalue weighted by Gasteiger charge is -2.45. The zero-order chi connectivity index (χ0) is 15.6. The SMILES string of the molecule is COc1ccc2c3c(n(O)c2c1)C(C)(C)CC(C)(C)C3C. The fraction of sp³-hybridized carbons (Fsp3) is 0.556. The van der Waals surface area contributed by atoms with Crippen LogP contribution in [0.15, 0.2) is 18.2 Å². The van der Waals surface area contributed by atoms with Crippen LogP contribution in [0.25, 0.3) is 10.9 Å². The van der Waals surface area contributed by atoms with Crippen molar-refractivity contribution < 1.29 is 9.94 Å². The van der Waals surface area contributed by atoms with Crippen LogP contribution in [0.2, 0.25) is 0 Å². The Hall–Kier alpha value is -1.64. The summed E-state index contributed by atoms with van der Waals surface area (Å²) >= 11 is 0. The normalized spacial score (nSPS) is 23.0. The van der Waals surface area contributed by atoms with Crippen molar-refractivity contribution in [1.29, 1.82) is 0 Å². The molecule has 0 fully saturated rings. The average molecular weight is 287 g/mol. The highest BCUT2D eigenvalue weighted by molar-refractivity contribution is 5.88. The molecule has 1 aromatic carbocycles. The van der Waals surface area contributed by atoms with E-state index in [9.17, 15) is 5.21 Å². The van der Waals surface area contributed by atoms with Gasteiger partial charge in [-0.05, 0) is 35.4 Å². The maximum Gasteiger partial charge on any atom is 0.121 e. The van der Waals surface area contributed by atoms with E-state index in [0.717, 1.165) is 28.8 Å². The van der Waals surface area contributed by atoms with E-state index in [4.69, 9.17) is 4.74 Å². The monoisotopic (exact) mass is 287 g/mol. The number of rotatable bonds is 1. The summed E-state index contributed by atoms with van der Waals surface area (Å²) in [6.07, 6.45) is 1.06. The zero-order valence-electron chi connectivity index (χ0n) is 13.8. The molecule has 1 N–H and O–H groups in total. The van der Waals surface area contributed by atoms with Crippen LogP contribution in [-0.2, 0) is 5.41 Å². The van der Waals surface area contributed by atoms with Crippen LogP contribution in [0.1, 0.15) is 58.2 Å². The van der Waals surface area contributed by atoms with Gasteiger partial charge in [0.05, 0.1) is 18.3 Å². The minimum Gasteiger partial charge on any atom is -0.497 e. The third-order valence-electron chi connectivity index (χ3n) is 5.33. The second kappa shape index (κ2) is 4.19. The average Bonchev–Trinajstić information content (AvgIpc) is 2.69. The molecule has 3 heteroatoms. The Morgan fingerprint density at radius 3 is 2.52 bits per heavy atom. The molecule has 1 heterocycles. The number of hydrogen-bond acceptors (Lipinski definition) is 2. The summed E-state index contributed by atoms with van der Waals surface area (Å²) in [5.74, 6) is 1.18. The molecule has 0 saturated heterocycles. The molecule has 3 nitrogen and oxygen atoms in total. The molecular weight excluding hydrogens is 262 g/mol. The van der Waals surface area contributed by atoms with E-state index in [1.165, 1.54) is 10.3 Å². The summed E-state index contributed by atoms with van der Waals surface area (Å²) < 4.78 is 6.69. The predicted octanol–water partition coefficient (Wildman–Crippen LogP) is 4.70. The molecule has 2 aromatic rings. The minimum absolute atomic E-state index is 0.0493. The van der Waals surface area contributed by atoms with E-state index < -0.39 is 0 Å². The molecule has 1 aliphatic rings. The van der Waals surface area contributed by atoms with Crippen LogP contribution in [0.5, 0.6) is 5.75 Å². The molecule has 0 spiro atoms. The Bertz CT molecular complexity index is 710. The molecule has 1 aliphatic carbocycles. The Labute approximate surface area is 126 Å². The van der Waals surface area contributed by atoms with Crippen LogP contribution in [0, 0.1) is 5.41 Å². The third-order valence-corrected chi connectivity index (χ3v) is 5.33. The first-order valence-corrected chi connectivity index (χ1v) is 7.61. The van der Waals surface area contributed by atoms with Gasteiger partial charge in [0.1, 0.15) is 5.75 Å². The topological polar surface area (TPSA) is 34.4 Å². The van der Waals surface area contributed by atoms with Gasteiger partial charge in [-0.1, -0.05) is 34.6 Å². The molecule has 0 amide bonds. The van der Waals surface area contributed by atoms with E-state index in [2.05, 4.69) is 40.7 Å². The van der Waals surface area contributed by atoms with Gasteiger partial charge in [0, 0.05) is 16.9 Å². The van der Waals surface area contributed by atoms with Crippen molar-refractivity contribution in [3.63, 3.8) is 0 Å². The van der Waals surface area contributed by atoms with Crippen LogP contribution < -0.4 is 4.74 Å². The van der Waals surface area contributed by atoms with Gasteiger partial charge in [0.15, 0.2) is 0 Å². The van der Waals surface area contributed by atoms with Gasteiger partial charge in [0.25, 0.3) is 0 Å². The van der Waals surface area contributed by atoms with E-state index in [1.807, 2.05) is 12.1 Å². The molecule has 1 aromatic heterocycles. The molecule has 0 radical (unpaired) electrons. The fourth-order valence-corrected chi connectivity index (χ4v) is 4.26.